The van der Waals surface area contributed by atoms with Gasteiger partial charge in [0, 0.05) is 12.1 Å². The van der Waals surface area contributed by atoms with Crippen LogP contribution in [0.25, 0.3) is 0 Å². The molecule has 1 aliphatic heterocycles. The van der Waals surface area contributed by atoms with Crippen molar-refractivity contribution in [3.05, 3.63) is 34.9 Å². The Hall–Kier alpha value is -1.63. The van der Waals surface area contributed by atoms with E-state index in [4.69, 9.17) is 16.3 Å². The molecule has 2 aliphatic rings. The Morgan fingerprint density at radius 2 is 1.85 bits per heavy atom. The fourth-order valence-corrected chi connectivity index (χ4v) is 3.98. The number of benzene rings is 1. The first-order valence-electron chi connectivity index (χ1n) is 9.04. The summed E-state index contributed by atoms with van der Waals surface area (Å²) in [5.41, 5.74) is 0.231. The van der Waals surface area contributed by atoms with E-state index in [-0.39, 0.29) is 25.1 Å². The summed E-state index contributed by atoms with van der Waals surface area (Å²) in [6, 6.07) is 6.93. The number of imide groups is 1. The highest BCUT2D eigenvalue weighted by molar-refractivity contribution is 6.30. The number of halogens is 1. The van der Waals surface area contributed by atoms with Gasteiger partial charge in [-0.25, -0.2) is 4.79 Å². The Bertz CT molecular complexity index is 658. The third-order valence-corrected chi connectivity index (χ3v) is 5.62. The number of β-amino-alcohol motifs (C(OH)–C–C–N with tert-alkyl or cyclic N) is 1. The van der Waals surface area contributed by atoms with E-state index in [0.29, 0.717) is 24.5 Å². The number of hydrogen-bond acceptors (Lipinski definition) is 4. The maximum absolute atomic E-state index is 12.9. The molecule has 1 N–H and O–H groups in total. The van der Waals surface area contributed by atoms with E-state index in [1.807, 2.05) is 12.1 Å². The predicted molar refractivity (Wildman–Crippen MR) is 97.8 cm³/mol. The molecule has 7 heteroatoms. The van der Waals surface area contributed by atoms with Crippen LogP contribution in [0.3, 0.4) is 0 Å². The molecule has 0 bridgehead atoms. The third-order valence-electron chi connectivity index (χ3n) is 5.37. The monoisotopic (exact) mass is 380 g/mol. The molecule has 1 heterocycles. The summed E-state index contributed by atoms with van der Waals surface area (Å²) in [5.74, 6) is -0.179. The lowest BCUT2D eigenvalue weighted by atomic mass is 9.81. The molecule has 1 aromatic carbocycles. The fourth-order valence-electron chi connectivity index (χ4n) is 3.85. The molecule has 2 fully saturated rings. The minimum Gasteiger partial charge on any atom is -0.389 e. The summed E-state index contributed by atoms with van der Waals surface area (Å²) in [6.07, 6.45) is 3.48. The Labute approximate surface area is 158 Å². The number of carbonyl (C=O) groups excluding carboxylic acids is 2. The maximum atomic E-state index is 12.9. The Morgan fingerprint density at radius 1 is 1.19 bits per heavy atom. The first kappa shape index (κ1) is 19.1. The summed E-state index contributed by atoms with van der Waals surface area (Å²) in [7, 11) is 1.69. The third kappa shape index (κ3) is 3.72. The van der Waals surface area contributed by atoms with Crippen molar-refractivity contribution in [3.8, 4) is 0 Å². The molecule has 142 valence electrons. The molecule has 1 aliphatic carbocycles. The zero-order chi connectivity index (χ0) is 18.7. The highest BCUT2D eigenvalue weighted by atomic mass is 35.5. The lowest BCUT2D eigenvalue weighted by Crippen LogP contribution is -2.49. The van der Waals surface area contributed by atoms with Crippen LogP contribution in [0.4, 0.5) is 4.79 Å². The van der Waals surface area contributed by atoms with Gasteiger partial charge in [0.1, 0.15) is 5.54 Å². The Morgan fingerprint density at radius 3 is 2.50 bits per heavy atom. The topological polar surface area (TPSA) is 70.1 Å². The Balaban J connectivity index is 1.53. The van der Waals surface area contributed by atoms with Gasteiger partial charge in [0.15, 0.2) is 0 Å². The number of ether oxygens (including phenoxy) is 1. The van der Waals surface area contributed by atoms with Crippen molar-refractivity contribution in [2.24, 2.45) is 0 Å². The molecule has 0 aromatic heterocycles. The molecule has 0 radical (unpaired) electrons. The second-order valence-corrected chi connectivity index (χ2v) is 7.58. The van der Waals surface area contributed by atoms with Gasteiger partial charge in [-0.05, 0) is 30.5 Å². The van der Waals surface area contributed by atoms with E-state index in [1.165, 1.54) is 4.90 Å². The minimum absolute atomic E-state index is 0.0373. The van der Waals surface area contributed by atoms with Gasteiger partial charge in [-0.2, -0.15) is 0 Å². The van der Waals surface area contributed by atoms with Crippen LogP contribution in [-0.4, -0.2) is 58.7 Å². The molecule has 1 atom stereocenters. The summed E-state index contributed by atoms with van der Waals surface area (Å²) in [5, 5.41) is 10.9. The number of likely N-dealkylation sites (N-methyl/N-ethyl adjacent to an activating group) is 1. The van der Waals surface area contributed by atoms with Gasteiger partial charge in [0.25, 0.3) is 5.91 Å². The molecular formula is C19H25ClN2O4. The van der Waals surface area contributed by atoms with E-state index in [9.17, 15) is 14.7 Å². The van der Waals surface area contributed by atoms with E-state index in [0.717, 1.165) is 24.8 Å². The largest absolute Gasteiger partial charge is 0.389 e. The van der Waals surface area contributed by atoms with Gasteiger partial charge in [-0.3, -0.25) is 9.69 Å². The molecule has 1 saturated heterocycles. The van der Waals surface area contributed by atoms with Crippen molar-refractivity contribution in [2.45, 2.75) is 50.4 Å². The van der Waals surface area contributed by atoms with Gasteiger partial charge in [-0.1, -0.05) is 43.0 Å². The number of amides is 3. The average Bonchev–Trinajstić information content (AvgIpc) is 2.80. The van der Waals surface area contributed by atoms with Gasteiger partial charge in [0.05, 0.1) is 25.9 Å². The standard InChI is InChI=1S/C19H25ClN2O4/c1-21-18(25)22(17(24)19(21)9-3-2-4-10-19)11-16(23)13-26-12-14-5-7-15(20)8-6-14/h5-8,16,23H,2-4,9-13H2,1H3. The van der Waals surface area contributed by atoms with Crippen LogP contribution in [0.5, 0.6) is 0 Å². The normalized spacial score (nSPS) is 20.9. The van der Waals surface area contributed by atoms with Crippen LogP contribution in [0.2, 0.25) is 5.02 Å². The lowest BCUT2D eigenvalue weighted by Gasteiger charge is -2.35. The predicted octanol–water partition coefficient (Wildman–Crippen LogP) is 2.81. The highest BCUT2D eigenvalue weighted by Crippen LogP contribution is 2.39. The number of urea groups is 1. The number of aliphatic hydroxyl groups excluding tert-OH is 1. The number of rotatable bonds is 6. The van der Waals surface area contributed by atoms with Crippen LogP contribution in [0.15, 0.2) is 24.3 Å². The fraction of sp³-hybridized carbons (Fsp3) is 0.579. The van der Waals surface area contributed by atoms with Crippen LogP contribution >= 0.6 is 11.6 Å². The van der Waals surface area contributed by atoms with Gasteiger partial charge < -0.3 is 14.7 Å². The number of carbonyl (C=O) groups is 2. The van der Waals surface area contributed by atoms with Crippen molar-refractivity contribution in [1.29, 1.82) is 0 Å². The minimum atomic E-state index is -0.914. The second kappa shape index (κ2) is 7.94. The van der Waals surface area contributed by atoms with E-state index in [1.54, 1.807) is 24.1 Å². The van der Waals surface area contributed by atoms with Gasteiger partial charge in [-0.15, -0.1) is 0 Å². The Kier molecular flexibility index (Phi) is 5.85. The zero-order valence-electron chi connectivity index (χ0n) is 15.0. The van der Waals surface area contributed by atoms with Crippen LogP contribution < -0.4 is 0 Å². The van der Waals surface area contributed by atoms with Gasteiger partial charge in [0.2, 0.25) is 0 Å². The lowest BCUT2D eigenvalue weighted by molar-refractivity contribution is -0.135. The molecule has 3 rings (SSSR count). The van der Waals surface area contributed by atoms with Crippen LogP contribution in [0, 0.1) is 0 Å². The first-order valence-corrected chi connectivity index (χ1v) is 9.42. The van der Waals surface area contributed by atoms with Crippen molar-refractivity contribution in [3.63, 3.8) is 0 Å². The van der Waals surface area contributed by atoms with Crippen molar-refractivity contribution in [2.75, 3.05) is 20.2 Å². The molecule has 1 saturated carbocycles. The van der Waals surface area contributed by atoms with E-state index < -0.39 is 11.6 Å². The van der Waals surface area contributed by atoms with Crippen LogP contribution in [-0.2, 0) is 16.1 Å². The smallest absolute Gasteiger partial charge is 0.327 e. The zero-order valence-corrected chi connectivity index (χ0v) is 15.7. The van der Waals surface area contributed by atoms with Crippen LogP contribution in [0.1, 0.15) is 37.7 Å². The van der Waals surface area contributed by atoms with E-state index in [2.05, 4.69) is 0 Å². The quantitative estimate of drug-likeness (QED) is 0.770. The number of nitrogens with zero attached hydrogens (tertiary/aromatic N) is 2. The van der Waals surface area contributed by atoms with Gasteiger partial charge >= 0.3 is 6.03 Å². The maximum Gasteiger partial charge on any atom is 0.327 e. The molecule has 1 spiro atoms. The molecular weight excluding hydrogens is 356 g/mol. The molecule has 6 nitrogen and oxygen atoms in total. The van der Waals surface area contributed by atoms with Crippen molar-refractivity contribution < 1.29 is 19.4 Å². The first-order chi connectivity index (χ1) is 12.4. The van der Waals surface area contributed by atoms with Crippen molar-refractivity contribution >= 4 is 23.5 Å². The summed E-state index contributed by atoms with van der Waals surface area (Å²) in [4.78, 5) is 28.1. The molecule has 1 aromatic rings. The summed E-state index contributed by atoms with van der Waals surface area (Å²) >= 11 is 5.84. The summed E-state index contributed by atoms with van der Waals surface area (Å²) in [6.45, 7) is 0.348. The number of hydrogen-bond donors (Lipinski definition) is 1. The molecule has 26 heavy (non-hydrogen) atoms. The molecule has 1 unspecified atom stereocenters. The van der Waals surface area contributed by atoms with E-state index >= 15 is 0 Å². The number of aliphatic hydroxyl groups is 1. The summed E-state index contributed by atoms with van der Waals surface area (Å²) < 4.78 is 5.51. The highest BCUT2D eigenvalue weighted by Gasteiger charge is 2.55. The van der Waals surface area contributed by atoms with Crippen molar-refractivity contribution in [1.82, 2.24) is 9.80 Å². The average molecular weight is 381 g/mol. The second-order valence-electron chi connectivity index (χ2n) is 7.15. The molecule has 3 amide bonds. The SMILES string of the molecule is CN1C(=O)N(CC(O)COCc2ccc(Cl)cc2)C(=O)C12CCCCC2.